The number of hydrogen-bond acceptors (Lipinski definition) is 4. The maximum atomic E-state index is 12.2. The van der Waals surface area contributed by atoms with Crippen molar-refractivity contribution in [2.75, 3.05) is 11.9 Å². The number of para-hydroxylation sites is 1. The molecule has 0 unspecified atom stereocenters. The lowest BCUT2D eigenvalue weighted by atomic mass is 10.2. The summed E-state index contributed by atoms with van der Waals surface area (Å²) in [5.41, 5.74) is 1.23. The Bertz CT molecular complexity index is 834. The summed E-state index contributed by atoms with van der Waals surface area (Å²) in [5, 5.41) is 5.04. The van der Waals surface area contributed by atoms with Gasteiger partial charge in [-0.15, -0.1) is 0 Å². The predicted molar refractivity (Wildman–Crippen MR) is 102 cm³/mol. The summed E-state index contributed by atoms with van der Waals surface area (Å²) in [6, 6.07) is 16.0. The monoisotopic (exact) mass is 416 g/mol. The summed E-state index contributed by atoms with van der Waals surface area (Å²) in [6.07, 6.45) is 1.48. The maximum absolute atomic E-state index is 12.2. The molecule has 0 aliphatic carbocycles. The summed E-state index contributed by atoms with van der Waals surface area (Å²) >= 11 is 3.31. The van der Waals surface area contributed by atoms with E-state index in [-0.39, 0.29) is 5.70 Å². The van der Waals surface area contributed by atoms with Crippen molar-refractivity contribution in [3.8, 4) is 0 Å². The lowest BCUT2D eigenvalue weighted by molar-refractivity contribution is -0.144. The summed E-state index contributed by atoms with van der Waals surface area (Å²) in [7, 11) is 0. The minimum Gasteiger partial charge on any atom is -0.451 e. The van der Waals surface area contributed by atoms with Gasteiger partial charge in [-0.25, -0.2) is 4.79 Å². The van der Waals surface area contributed by atoms with Crippen molar-refractivity contribution in [3.05, 3.63) is 70.3 Å². The first kappa shape index (κ1) is 19.4. The Morgan fingerprint density at radius 1 is 1.04 bits per heavy atom. The number of amides is 2. The van der Waals surface area contributed by atoms with E-state index in [1.54, 1.807) is 42.5 Å². The number of carbonyl (C=O) groups excluding carboxylic acids is 3. The van der Waals surface area contributed by atoms with Crippen LogP contribution < -0.4 is 10.6 Å². The first-order valence-electron chi connectivity index (χ1n) is 7.71. The topological polar surface area (TPSA) is 84.5 Å². The Morgan fingerprint density at radius 2 is 1.69 bits per heavy atom. The van der Waals surface area contributed by atoms with E-state index in [1.807, 2.05) is 12.1 Å². The Balaban J connectivity index is 2.00. The van der Waals surface area contributed by atoms with Crippen molar-refractivity contribution in [2.24, 2.45) is 0 Å². The van der Waals surface area contributed by atoms with Crippen molar-refractivity contribution in [3.63, 3.8) is 0 Å². The van der Waals surface area contributed by atoms with Crippen LogP contribution in [0, 0.1) is 0 Å². The SMILES string of the molecule is CC(=O)N/C(=C\c1ccccc1)C(=O)OCC(=O)Nc1ccccc1Br. The zero-order valence-corrected chi connectivity index (χ0v) is 15.6. The van der Waals surface area contributed by atoms with Crippen molar-refractivity contribution < 1.29 is 19.1 Å². The lowest BCUT2D eigenvalue weighted by Crippen LogP contribution is -2.28. The molecule has 2 N–H and O–H groups in total. The van der Waals surface area contributed by atoms with E-state index < -0.39 is 24.4 Å². The van der Waals surface area contributed by atoms with Gasteiger partial charge in [0.05, 0.1) is 5.69 Å². The third-order valence-corrected chi connectivity index (χ3v) is 3.81. The molecular weight excluding hydrogens is 400 g/mol. The summed E-state index contributed by atoms with van der Waals surface area (Å²) in [5.74, 6) is -1.71. The highest BCUT2D eigenvalue weighted by Gasteiger charge is 2.15. The van der Waals surface area contributed by atoms with Crippen LogP contribution in [-0.2, 0) is 19.1 Å². The van der Waals surface area contributed by atoms with Crippen LogP contribution in [-0.4, -0.2) is 24.4 Å². The predicted octanol–water partition coefficient (Wildman–Crippen LogP) is 3.11. The molecule has 26 heavy (non-hydrogen) atoms. The fourth-order valence-corrected chi connectivity index (χ4v) is 2.39. The second-order valence-corrected chi connectivity index (χ2v) is 6.11. The van der Waals surface area contributed by atoms with Crippen molar-refractivity contribution in [1.82, 2.24) is 5.32 Å². The molecule has 2 aromatic carbocycles. The van der Waals surface area contributed by atoms with E-state index in [0.29, 0.717) is 15.7 Å². The largest absolute Gasteiger partial charge is 0.451 e. The van der Waals surface area contributed by atoms with E-state index >= 15 is 0 Å². The average molecular weight is 417 g/mol. The van der Waals surface area contributed by atoms with Crippen LogP contribution in [0.1, 0.15) is 12.5 Å². The van der Waals surface area contributed by atoms with Crippen LogP contribution in [0.3, 0.4) is 0 Å². The lowest BCUT2D eigenvalue weighted by Gasteiger charge is -2.10. The Morgan fingerprint density at radius 3 is 2.35 bits per heavy atom. The van der Waals surface area contributed by atoms with Crippen LogP contribution in [0.15, 0.2) is 64.8 Å². The molecule has 0 saturated heterocycles. The van der Waals surface area contributed by atoms with Crippen LogP contribution in [0.2, 0.25) is 0 Å². The van der Waals surface area contributed by atoms with Gasteiger partial charge >= 0.3 is 5.97 Å². The van der Waals surface area contributed by atoms with E-state index in [9.17, 15) is 14.4 Å². The standard InChI is InChI=1S/C19H17BrN2O4/c1-13(23)21-17(11-14-7-3-2-4-8-14)19(25)26-12-18(24)22-16-10-6-5-9-15(16)20/h2-11H,12H2,1H3,(H,21,23)(H,22,24)/b17-11-. The summed E-state index contributed by atoms with van der Waals surface area (Å²) in [6.45, 7) is 0.803. The number of halogens is 1. The molecule has 2 amide bonds. The molecule has 0 aliphatic heterocycles. The summed E-state index contributed by atoms with van der Waals surface area (Å²) < 4.78 is 5.71. The van der Waals surface area contributed by atoms with Crippen LogP contribution in [0.5, 0.6) is 0 Å². The van der Waals surface area contributed by atoms with Crippen molar-refractivity contribution in [2.45, 2.75) is 6.92 Å². The molecule has 134 valence electrons. The molecule has 6 nitrogen and oxygen atoms in total. The summed E-state index contributed by atoms with van der Waals surface area (Å²) in [4.78, 5) is 35.5. The van der Waals surface area contributed by atoms with Gasteiger partial charge in [0.2, 0.25) is 5.91 Å². The van der Waals surface area contributed by atoms with E-state index in [1.165, 1.54) is 13.0 Å². The van der Waals surface area contributed by atoms with Gasteiger partial charge in [-0.3, -0.25) is 9.59 Å². The Kier molecular flexibility index (Phi) is 7.11. The van der Waals surface area contributed by atoms with E-state index in [4.69, 9.17) is 4.74 Å². The molecule has 0 heterocycles. The molecule has 0 fully saturated rings. The highest BCUT2D eigenvalue weighted by Crippen LogP contribution is 2.20. The average Bonchev–Trinajstić information content (AvgIpc) is 2.61. The normalized spacial score (nSPS) is 10.8. The number of anilines is 1. The van der Waals surface area contributed by atoms with Gasteiger partial charge in [-0.05, 0) is 39.7 Å². The molecular formula is C19H17BrN2O4. The minimum atomic E-state index is -0.800. The highest BCUT2D eigenvalue weighted by atomic mass is 79.9. The molecule has 7 heteroatoms. The van der Waals surface area contributed by atoms with Crippen LogP contribution >= 0.6 is 15.9 Å². The molecule has 0 spiro atoms. The smallest absolute Gasteiger partial charge is 0.355 e. The molecule has 0 saturated carbocycles. The van der Waals surface area contributed by atoms with Crippen molar-refractivity contribution >= 4 is 45.5 Å². The fourth-order valence-electron chi connectivity index (χ4n) is 2.01. The second kappa shape index (κ2) is 9.53. The molecule has 0 bridgehead atoms. The van der Waals surface area contributed by atoms with Gasteiger partial charge in [-0.1, -0.05) is 42.5 Å². The van der Waals surface area contributed by atoms with Crippen LogP contribution in [0.4, 0.5) is 5.69 Å². The zero-order valence-electron chi connectivity index (χ0n) is 14.0. The molecule has 0 aromatic heterocycles. The minimum absolute atomic E-state index is 0.0441. The van der Waals surface area contributed by atoms with Gasteiger partial charge in [0.15, 0.2) is 6.61 Å². The van der Waals surface area contributed by atoms with Gasteiger partial charge in [0.1, 0.15) is 5.70 Å². The number of hydrogen-bond donors (Lipinski definition) is 2. The number of rotatable bonds is 6. The van der Waals surface area contributed by atoms with E-state index in [0.717, 1.165) is 0 Å². The van der Waals surface area contributed by atoms with Gasteiger partial charge < -0.3 is 15.4 Å². The number of nitrogens with one attached hydrogen (secondary N) is 2. The number of benzene rings is 2. The molecule has 0 atom stereocenters. The maximum Gasteiger partial charge on any atom is 0.355 e. The highest BCUT2D eigenvalue weighted by molar-refractivity contribution is 9.10. The Labute approximate surface area is 159 Å². The first-order valence-corrected chi connectivity index (χ1v) is 8.51. The van der Waals surface area contributed by atoms with Gasteiger partial charge in [0, 0.05) is 11.4 Å². The Hall–Kier alpha value is -2.93. The van der Waals surface area contributed by atoms with Crippen molar-refractivity contribution in [1.29, 1.82) is 0 Å². The van der Waals surface area contributed by atoms with Crippen LogP contribution in [0.25, 0.3) is 6.08 Å². The number of esters is 1. The number of ether oxygens (including phenoxy) is 1. The molecule has 2 aromatic rings. The van der Waals surface area contributed by atoms with E-state index in [2.05, 4.69) is 26.6 Å². The third kappa shape index (κ3) is 6.18. The number of carbonyl (C=O) groups is 3. The molecule has 2 rings (SSSR count). The fraction of sp³-hybridized carbons (Fsp3) is 0.105. The second-order valence-electron chi connectivity index (χ2n) is 5.25. The molecule has 0 aliphatic rings. The van der Waals surface area contributed by atoms with Gasteiger partial charge in [0.25, 0.3) is 5.91 Å². The third-order valence-electron chi connectivity index (χ3n) is 3.12. The zero-order chi connectivity index (χ0) is 18.9. The molecule has 0 radical (unpaired) electrons. The first-order chi connectivity index (χ1) is 12.5. The van der Waals surface area contributed by atoms with Gasteiger partial charge in [-0.2, -0.15) is 0 Å². The quantitative estimate of drug-likeness (QED) is 0.559.